The molecular formula is C13H9Cl2NO3. The summed E-state index contributed by atoms with van der Waals surface area (Å²) in [5.41, 5.74) is 0.510. The van der Waals surface area contributed by atoms with Gasteiger partial charge >= 0.3 is 5.97 Å². The first-order valence-electron chi connectivity index (χ1n) is 5.36. The second-order valence-corrected chi connectivity index (χ2v) is 4.86. The lowest BCUT2D eigenvalue weighted by atomic mass is 10.1. The Morgan fingerprint density at radius 2 is 1.79 bits per heavy atom. The van der Waals surface area contributed by atoms with Crippen LogP contribution in [0, 0.1) is 0 Å². The van der Waals surface area contributed by atoms with Crippen molar-refractivity contribution in [3.63, 3.8) is 0 Å². The highest BCUT2D eigenvalue weighted by atomic mass is 35.5. The molecule has 0 aliphatic heterocycles. The van der Waals surface area contributed by atoms with Gasteiger partial charge in [0.25, 0.3) is 5.56 Å². The standard InChI is InChI=1S/C13H9Cl2NO3/c14-8-3-7(4-9(15)6-8)5-10-1-2-11(13(18)19)12(17)16-10/h1-4,6H,5H2,(H,16,17)(H,18,19). The van der Waals surface area contributed by atoms with Crippen molar-refractivity contribution in [3.05, 3.63) is 67.6 Å². The summed E-state index contributed by atoms with van der Waals surface area (Å²) in [5.74, 6) is -1.25. The molecule has 1 aromatic heterocycles. The van der Waals surface area contributed by atoms with Gasteiger partial charge in [0.15, 0.2) is 0 Å². The number of carbonyl (C=O) groups is 1. The molecule has 0 saturated carbocycles. The van der Waals surface area contributed by atoms with Crippen LogP contribution in [0.1, 0.15) is 21.6 Å². The van der Waals surface area contributed by atoms with Crippen LogP contribution in [0.2, 0.25) is 10.0 Å². The summed E-state index contributed by atoms with van der Waals surface area (Å²) in [4.78, 5) is 24.8. The number of aromatic carboxylic acids is 1. The van der Waals surface area contributed by atoms with Crippen LogP contribution in [0.3, 0.4) is 0 Å². The Kier molecular flexibility index (Phi) is 3.93. The van der Waals surface area contributed by atoms with Gasteiger partial charge in [-0.25, -0.2) is 4.79 Å². The van der Waals surface area contributed by atoms with Crippen LogP contribution in [0.15, 0.2) is 35.1 Å². The van der Waals surface area contributed by atoms with Crippen molar-refractivity contribution < 1.29 is 9.90 Å². The van der Waals surface area contributed by atoms with Gasteiger partial charge in [0.1, 0.15) is 5.56 Å². The third-order valence-corrected chi connectivity index (χ3v) is 2.95. The molecule has 6 heteroatoms. The Hall–Kier alpha value is -1.78. The van der Waals surface area contributed by atoms with E-state index >= 15 is 0 Å². The number of halogens is 2. The minimum absolute atomic E-state index is 0.284. The van der Waals surface area contributed by atoms with E-state index in [1.54, 1.807) is 24.3 Å². The maximum absolute atomic E-state index is 11.5. The average molecular weight is 298 g/mol. The van der Waals surface area contributed by atoms with Gasteiger partial charge in [-0.15, -0.1) is 0 Å². The van der Waals surface area contributed by atoms with Crippen LogP contribution in [-0.4, -0.2) is 16.1 Å². The van der Waals surface area contributed by atoms with Gasteiger partial charge in [0, 0.05) is 22.2 Å². The molecular weight excluding hydrogens is 289 g/mol. The molecule has 2 aromatic rings. The Morgan fingerprint density at radius 1 is 1.16 bits per heavy atom. The molecule has 2 rings (SSSR count). The molecule has 0 aliphatic rings. The number of H-pyrrole nitrogens is 1. The molecule has 0 atom stereocenters. The van der Waals surface area contributed by atoms with E-state index in [1.807, 2.05) is 0 Å². The predicted molar refractivity (Wildman–Crippen MR) is 73.3 cm³/mol. The van der Waals surface area contributed by atoms with Crippen LogP contribution in [-0.2, 0) is 6.42 Å². The van der Waals surface area contributed by atoms with E-state index in [9.17, 15) is 9.59 Å². The number of rotatable bonds is 3. The topological polar surface area (TPSA) is 70.2 Å². The second kappa shape index (κ2) is 5.47. The quantitative estimate of drug-likeness (QED) is 0.915. The highest BCUT2D eigenvalue weighted by Crippen LogP contribution is 2.20. The lowest BCUT2D eigenvalue weighted by Gasteiger charge is -2.04. The van der Waals surface area contributed by atoms with Crippen molar-refractivity contribution in [2.45, 2.75) is 6.42 Å². The van der Waals surface area contributed by atoms with E-state index in [-0.39, 0.29) is 5.56 Å². The Bertz CT molecular complexity index is 674. The minimum atomic E-state index is -1.25. The van der Waals surface area contributed by atoms with Gasteiger partial charge in [0.2, 0.25) is 0 Å². The molecule has 0 saturated heterocycles. The molecule has 1 aromatic carbocycles. The van der Waals surface area contributed by atoms with E-state index in [1.165, 1.54) is 6.07 Å². The molecule has 98 valence electrons. The van der Waals surface area contributed by atoms with Crippen molar-refractivity contribution in [2.24, 2.45) is 0 Å². The number of benzene rings is 1. The number of pyridine rings is 1. The van der Waals surface area contributed by atoms with Gasteiger partial charge in [-0.3, -0.25) is 4.79 Å². The molecule has 1 heterocycles. The smallest absolute Gasteiger partial charge is 0.341 e. The first-order valence-corrected chi connectivity index (χ1v) is 6.12. The molecule has 0 bridgehead atoms. The molecule has 0 radical (unpaired) electrons. The van der Waals surface area contributed by atoms with Crippen LogP contribution >= 0.6 is 23.2 Å². The average Bonchev–Trinajstić information content (AvgIpc) is 2.26. The van der Waals surface area contributed by atoms with Crippen LogP contribution in [0.5, 0.6) is 0 Å². The summed E-state index contributed by atoms with van der Waals surface area (Å²) in [6.45, 7) is 0. The second-order valence-electron chi connectivity index (χ2n) is 3.99. The van der Waals surface area contributed by atoms with Crippen molar-refractivity contribution in [2.75, 3.05) is 0 Å². The summed E-state index contributed by atoms with van der Waals surface area (Å²) in [7, 11) is 0. The Balaban J connectivity index is 2.31. The summed E-state index contributed by atoms with van der Waals surface area (Å²) in [6, 6.07) is 7.92. The molecule has 0 spiro atoms. The molecule has 4 nitrogen and oxygen atoms in total. The molecule has 2 N–H and O–H groups in total. The van der Waals surface area contributed by atoms with Crippen molar-refractivity contribution in [3.8, 4) is 0 Å². The van der Waals surface area contributed by atoms with Crippen LogP contribution < -0.4 is 5.56 Å². The lowest BCUT2D eigenvalue weighted by Crippen LogP contribution is -2.18. The van der Waals surface area contributed by atoms with E-state index in [2.05, 4.69) is 4.98 Å². The highest BCUT2D eigenvalue weighted by Gasteiger charge is 2.09. The maximum Gasteiger partial charge on any atom is 0.341 e. The maximum atomic E-state index is 11.5. The van der Waals surface area contributed by atoms with E-state index in [4.69, 9.17) is 28.3 Å². The molecule has 0 unspecified atom stereocenters. The minimum Gasteiger partial charge on any atom is -0.477 e. The normalized spacial score (nSPS) is 10.4. The number of hydrogen-bond acceptors (Lipinski definition) is 2. The Labute approximate surface area is 118 Å². The van der Waals surface area contributed by atoms with Crippen molar-refractivity contribution in [1.29, 1.82) is 0 Å². The van der Waals surface area contributed by atoms with Gasteiger partial charge in [0.05, 0.1) is 0 Å². The van der Waals surface area contributed by atoms with Gasteiger partial charge in [-0.05, 0) is 35.9 Å². The number of hydrogen-bond donors (Lipinski definition) is 2. The van der Waals surface area contributed by atoms with E-state index in [0.717, 1.165) is 5.56 Å². The van der Waals surface area contributed by atoms with Gasteiger partial charge in [-0.1, -0.05) is 23.2 Å². The fraction of sp³-hybridized carbons (Fsp3) is 0.0769. The summed E-state index contributed by atoms with van der Waals surface area (Å²) < 4.78 is 0. The number of aromatic amines is 1. The largest absolute Gasteiger partial charge is 0.477 e. The summed E-state index contributed by atoms with van der Waals surface area (Å²) in [6.07, 6.45) is 0.412. The lowest BCUT2D eigenvalue weighted by molar-refractivity contribution is 0.0695. The molecule has 0 fully saturated rings. The van der Waals surface area contributed by atoms with Crippen LogP contribution in [0.25, 0.3) is 0 Å². The van der Waals surface area contributed by atoms with Crippen LogP contribution in [0.4, 0.5) is 0 Å². The summed E-state index contributed by atoms with van der Waals surface area (Å²) in [5, 5.41) is 9.78. The zero-order valence-corrected chi connectivity index (χ0v) is 11.1. The van der Waals surface area contributed by atoms with Crippen molar-refractivity contribution >= 4 is 29.2 Å². The highest BCUT2D eigenvalue weighted by molar-refractivity contribution is 6.34. The third kappa shape index (κ3) is 3.36. The molecule has 0 aliphatic carbocycles. The first kappa shape index (κ1) is 13.6. The number of aromatic nitrogens is 1. The molecule has 19 heavy (non-hydrogen) atoms. The third-order valence-electron chi connectivity index (χ3n) is 2.52. The SMILES string of the molecule is O=C(O)c1ccc(Cc2cc(Cl)cc(Cl)c2)[nH]c1=O. The predicted octanol–water partition coefficient (Wildman–Crippen LogP) is 2.97. The number of carboxylic acids is 1. The van der Waals surface area contributed by atoms with Crippen molar-refractivity contribution in [1.82, 2.24) is 4.98 Å². The first-order chi connectivity index (χ1) is 8.95. The zero-order chi connectivity index (χ0) is 14.0. The fourth-order valence-electron chi connectivity index (χ4n) is 1.72. The summed E-state index contributed by atoms with van der Waals surface area (Å²) >= 11 is 11.8. The van der Waals surface area contributed by atoms with E-state index in [0.29, 0.717) is 22.2 Å². The number of carboxylic acid groups (broad SMARTS) is 1. The van der Waals surface area contributed by atoms with E-state index < -0.39 is 11.5 Å². The zero-order valence-electron chi connectivity index (χ0n) is 9.61. The fourth-order valence-corrected chi connectivity index (χ4v) is 2.29. The van der Waals surface area contributed by atoms with Gasteiger partial charge in [-0.2, -0.15) is 0 Å². The number of nitrogens with one attached hydrogen (secondary N) is 1. The van der Waals surface area contributed by atoms with Gasteiger partial charge < -0.3 is 10.1 Å². The molecule has 0 amide bonds. The monoisotopic (exact) mass is 297 g/mol. The Morgan fingerprint density at radius 3 is 2.32 bits per heavy atom.